The van der Waals surface area contributed by atoms with Crippen LogP contribution in [-0.4, -0.2) is 12.3 Å². The van der Waals surface area contributed by atoms with Gasteiger partial charge in [-0.15, -0.1) is 0 Å². The lowest BCUT2D eigenvalue weighted by Gasteiger charge is -2.17. The van der Waals surface area contributed by atoms with E-state index in [0.717, 1.165) is 6.42 Å². The topological polar surface area (TPSA) is 12.4 Å². The lowest BCUT2D eigenvalue weighted by Crippen LogP contribution is -2.09. The molecule has 0 saturated heterocycles. The first-order valence-electron chi connectivity index (χ1n) is 6.01. The fraction of sp³-hybridized carbons (Fsp3) is 0.500. The normalized spacial score (nSPS) is 18.4. The van der Waals surface area contributed by atoms with Crippen LogP contribution in [0.1, 0.15) is 37.7 Å². The minimum absolute atomic E-state index is 0.613. The van der Waals surface area contributed by atoms with Crippen LogP contribution in [-0.2, 0) is 6.42 Å². The molecule has 0 aliphatic heterocycles. The second-order valence-corrected chi connectivity index (χ2v) is 4.31. The maximum absolute atomic E-state index is 4.65. The SMILES string of the molecule is C(/Cc1ccccc1)=N\C1CCCCC1. The van der Waals surface area contributed by atoms with Crippen molar-refractivity contribution in [2.24, 2.45) is 4.99 Å². The maximum Gasteiger partial charge on any atom is 0.0495 e. The highest BCUT2D eigenvalue weighted by Crippen LogP contribution is 2.19. The molecule has 0 heterocycles. The van der Waals surface area contributed by atoms with Crippen LogP contribution >= 0.6 is 0 Å². The van der Waals surface area contributed by atoms with Crippen molar-refractivity contribution >= 4 is 6.21 Å². The summed E-state index contributed by atoms with van der Waals surface area (Å²) in [6.45, 7) is 0. The Hall–Kier alpha value is -1.11. The summed E-state index contributed by atoms with van der Waals surface area (Å²) < 4.78 is 0. The largest absolute Gasteiger partial charge is 0.294 e. The van der Waals surface area contributed by atoms with Gasteiger partial charge in [0.1, 0.15) is 0 Å². The van der Waals surface area contributed by atoms with Crippen LogP contribution in [0.25, 0.3) is 0 Å². The van der Waals surface area contributed by atoms with Crippen LogP contribution in [0.4, 0.5) is 0 Å². The van der Waals surface area contributed by atoms with Gasteiger partial charge in [-0.05, 0) is 18.4 Å². The highest BCUT2D eigenvalue weighted by molar-refractivity contribution is 5.61. The van der Waals surface area contributed by atoms with Gasteiger partial charge in [0.15, 0.2) is 0 Å². The van der Waals surface area contributed by atoms with Crippen molar-refractivity contribution in [3.05, 3.63) is 35.9 Å². The number of aliphatic imine (C=N–C) groups is 1. The zero-order chi connectivity index (χ0) is 10.3. The molecular weight excluding hydrogens is 182 g/mol. The molecule has 1 aliphatic rings. The average Bonchev–Trinajstić information content (AvgIpc) is 2.32. The first kappa shape index (κ1) is 10.4. The smallest absolute Gasteiger partial charge is 0.0495 e. The van der Waals surface area contributed by atoms with Crippen LogP contribution in [0.5, 0.6) is 0 Å². The van der Waals surface area contributed by atoms with Gasteiger partial charge < -0.3 is 0 Å². The molecule has 0 spiro atoms. The lowest BCUT2D eigenvalue weighted by atomic mass is 9.96. The van der Waals surface area contributed by atoms with Crippen LogP contribution in [0.15, 0.2) is 35.3 Å². The highest BCUT2D eigenvalue weighted by Gasteiger charge is 2.10. The van der Waals surface area contributed by atoms with E-state index in [1.807, 2.05) is 0 Å². The van der Waals surface area contributed by atoms with Crippen molar-refractivity contribution in [3.63, 3.8) is 0 Å². The van der Waals surface area contributed by atoms with E-state index in [0.29, 0.717) is 6.04 Å². The monoisotopic (exact) mass is 201 g/mol. The Morgan fingerprint density at radius 3 is 2.53 bits per heavy atom. The van der Waals surface area contributed by atoms with Crippen molar-refractivity contribution in [1.29, 1.82) is 0 Å². The zero-order valence-corrected chi connectivity index (χ0v) is 9.23. The number of rotatable bonds is 3. The molecule has 1 aromatic carbocycles. The Balaban J connectivity index is 1.79. The van der Waals surface area contributed by atoms with E-state index in [1.54, 1.807) is 0 Å². The quantitative estimate of drug-likeness (QED) is 0.662. The van der Waals surface area contributed by atoms with Gasteiger partial charge in [0, 0.05) is 18.7 Å². The van der Waals surface area contributed by atoms with E-state index in [4.69, 9.17) is 0 Å². The third-order valence-electron chi connectivity index (χ3n) is 3.06. The van der Waals surface area contributed by atoms with Gasteiger partial charge in [-0.2, -0.15) is 0 Å². The first-order valence-corrected chi connectivity index (χ1v) is 6.01. The molecule has 0 unspecified atom stereocenters. The summed E-state index contributed by atoms with van der Waals surface area (Å²) in [5.74, 6) is 0. The Labute approximate surface area is 92.2 Å². The summed E-state index contributed by atoms with van der Waals surface area (Å²) >= 11 is 0. The molecule has 0 N–H and O–H groups in total. The Morgan fingerprint density at radius 1 is 1.07 bits per heavy atom. The molecule has 15 heavy (non-hydrogen) atoms. The van der Waals surface area contributed by atoms with E-state index in [-0.39, 0.29) is 0 Å². The summed E-state index contributed by atoms with van der Waals surface area (Å²) in [4.78, 5) is 4.65. The van der Waals surface area contributed by atoms with E-state index in [9.17, 15) is 0 Å². The van der Waals surface area contributed by atoms with Gasteiger partial charge in [-0.1, -0.05) is 49.6 Å². The molecule has 0 amide bonds. The van der Waals surface area contributed by atoms with Gasteiger partial charge >= 0.3 is 0 Å². The molecule has 1 aliphatic carbocycles. The average molecular weight is 201 g/mol. The van der Waals surface area contributed by atoms with Gasteiger partial charge in [-0.25, -0.2) is 0 Å². The molecule has 0 radical (unpaired) electrons. The van der Waals surface area contributed by atoms with E-state index >= 15 is 0 Å². The van der Waals surface area contributed by atoms with Crippen LogP contribution in [0.2, 0.25) is 0 Å². The molecule has 1 nitrogen and oxygen atoms in total. The number of hydrogen-bond donors (Lipinski definition) is 0. The molecular formula is C14H19N. The molecule has 1 saturated carbocycles. The standard InChI is InChI=1S/C14H19N/c1-3-7-13(8-4-1)11-12-15-14-9-5-2-6-10-14/h1,3-4,7-8,12,14H,2,5-6,9-11H2/b15-12+. The Kier molecular flexibility index (Phi) is 3.95. The van der Waals surface area contributed by atoms with Crippen molar-refractivity contribution in [2.75, 3.05) is 0 Å². The summed E-state index contributed by atoms with van der Waals surface area (Å²) in [6.07, 6.45) is 9.82. The van der Waals surface area contributed by atoms with Gasteiger partial charge in [0.05, 0.1) is 0 Å². The van der Waals surface area contributed by atoms with E-state index in [1.165, 1.54) is 37.7 Å². The predicted octanol–water partition coefficient (Wildman–Crippen LogP) is 3.63. The lowest BCUT2D eigenvalue weighted by molar-refractivity contribution is 0.444. The van der Waals surface area contributed by atoms with Gasteiger partial charge in [0.25, 0.3) is 0 Å². The minimum atomic E-state index is 0.613. The molecule has 1 fully saturated rings. The zero-order valence-electron chi connectivity index (χ0n) is 9.23. The summed E-state index contributed by atoms with van der Waals surface area (Å²) in [5, 5.41) is 0. The van der Waals surface area contributed by atoms with E-state index < -0.39 is 0 Å². The highest BCUT2D eigenvalue weighted by atomic mass is 14.8. The third-order valence-corrected chi connectivity index (χ3v) is 3.06. The predicted molar refractivity (Wildman–Crippen MR) is 65.5 cm³/mol. The molecule has 0 bridgehead atoms. The molecule has 1 heteroatoms. The van der Waals surface area contributed by atoms with Gasteiger partial charge in [0.2, 0.25) is 0 Å². The molecule has 2 rings (SSSR count). The first-order chi connectivity index (χ1) is 7.45. The summed E-state index contributed by atoms with van der Waals surface area (Å²) in [7, 11) is 0. The van der Waals surface area contributed by atoms with Crippen molar-refractivity contribution < 1.29 is 0 Å². The molecule has 1 aromatic rings. The minimum Gasteiger partial charge on any atom is -0.294 e. The van der Waals surface area contributed by atoms with Crippen molar-refractivity contribution in [3.8, 4) is 0 Å². The number of hydrogen-bond acceptors (Lipinski definition) is 1. The number of nitrogens with zero attached hydrogens (tertiary/aromatic N) is 1. The summed E-state index contributed by atoms with van der Waals surface area (Å²) in [6, 6.07) is 11.2. The van der Waals surface area contributed by atoms with E-state index in [2.05, 4.69) is 41.5 Å². The van der Waals surface area contributed by atoms with Crippen molar-refractivity contribution in [2.45, 2.75) is 44.6 Å². The second-order valence-electron chi connectivity index (χ2n) is 4.31. The van der Waals surface area contributed by atoms with Gasteiger partial charge in [-0.3, -0.25) is 4.99 Å². The fourth-order valence-corrected chi connectivity index (χ4v) is 2.15. The van der Waals surface area contributed by atoms with Crippen LogP contribution in [0, 0.1) is 0 Å². The van der Waals surface area contributed by atoms with Crippen LogP contribution < -0.4 is 0 Å². The maximum atomic E-state index is 4.65. The molecule has 0 aromatic heterocycles. The number of benzene rings is 1. The summed E-state index contributed by atoms with van der Waals surface area (Å²) in [5.41, 5.74) is 1.36. The Morgan fingerprint density at radius 2 is 1.80 bits per heavy atom. The van der Waals surface area contributed by atoms with Crippen LogP contribution in [0.3, 0.4) is 0 Å². The third kappa shape index (κ3) is 3.50. The fourth-order valence-electron chi connectivity index (χ4n) is 2.15. The van der Waals surface area contributed by atoms with Crippen molar-refractivity contribution in [1.82, 2.24) is 0 Å². The molecule has 0 atom stereocenters. The molecule has 80 valence electrons. The second kappa shape index (κ2) is 5.69. The Bertz CT molecular complexity index is 296.